The van der Waals surface area contributed by atoms with E-state index < -0.39 is 35.2 Å². The highest BCUT2D eigenvalue weighted by Crippen LogP contribution is 2.32. The Bertz CT molecular complexity index is 1470. The van der Waals surface area contributed by atoms with E-state index in [-0.39, 0.29) is 35.7 Å². The average molecular weight is 629 g/mol. The standard InChI is InChI=1S/C35H44N6O5/c36-17-8-7-16-29(37)33(45)40-30(19-28-21-38-23-39-28)34(46)41-35(22-42,20-24-10-3-1-4-11-24)32(44)27-15-9-14-26(18-27)31(43)25-12-5-2-6-13-25/h2,5-6,9,12-15,18,21-24,29-30H,1,3-4,7-8,10-11,16-17,19-20,36-37H2,(H,38,39)(H,40,45)(H,41,46)/t29-,30-,35-/m0/s1. The second-order valence-electron chi connectivity index (χ2n) is 12.1. The van der Waals surface area contributed by atoms with Gasteiger partial charge in [-0.05, 0) is 37.8 Å². The van der Waals surface area contributed by atoms with Crippen molar-refractivity contribution in [3.8, 4) is 0 Å². The minimum Gasteiger partial charge on any atom is -0.348 e. The number of imidazole rings is 1. The summed E-state index contributed by atoms with van der Waals surface area (Å²) in [6, 6.07) is 12.9. The minimum atomic E-state index is -1.92. The van der Waals surface area contributed by atoms with Gasteiger partial charge in [0.05, 0.1) is 12.4 Å². The molecule has 0 bridgehead atoms. The van der Waals surface area contributed by atoms with Crippen LogP contribution < -0.4 is 22.1 Å². The first kappa shape index (κ1) is 34.4. The van der Waals surface area contributed by atoms with Crippen LogP contribution in [0.2, 0.25) is 0 Å². The van der Waals surface area contributed by atoms with Gasteiger partial charge in [0.1, 0.15) is 6.04 Å². The molecule has 3 aromatic rings. The largest absolute Gasteiger partial charge is 0.348 e. The number of aromatic nitrogens is 2. The van der Waals surface area contributed by atoms with E-state index in [4.69, 9.17) is 11.5 Å². The molecule has 1 aliphatic carbocycles. The zero-order valence-electron chi connectivity index (χ0n) is 26.1. The molecule has 0 spiro atoms. The zero-order valence-corrected chi connectivity index (χ0v) is 26.1. The Hall–Kier alpha value is -4.48. The van der Waals surface area contributed by atoms with Gasteiger partial charge in [0.2, 0.25) is 11.8 Å². The molecule has 0 unspecified atom stereocenters. The van der Waals surface area contributed by atoms with E-state index >= 15 is 0 Å². The van der Waals surface area contributed by atoms with E-state index in [2.05, 4.69) is 20.6 Å². The molecule has 1 fully saturated rings. The number of aldehydes is 1. The Balaban J connectivity index is 1.64. The molecule has 46 heavy (non-hydrogen) atoms. The first-order valence-electron chi connectivity index (χ1n) is 16.0. The second-order valence-corrected chi connectivity index (χ2v) is 12.1. The van der Waals surface area contributed by atoms with Gasteiger partial charge >= 0.3 is 0 Å². The number of ketones is 2. The van der Waals surface area contributed by atoms with Crippen LogP contribution in [0.4, 0.5) is 0 Å². The molecule has 11 nitrogen and oxygen atoms in total. The summed E-state index contributed by atoms with van der Waals surface area (Å²) in [7, 11) is 0. The smallest absolute Gasteiger partial charge is 0.244 e. The van der Waals surface area contributed by atoms with E-state index in [1.807, 2.05) is 0 Å². The van der Waals surface area contributed by atoms with Gasteiger partial charge in [0, 0.05) is 35.0 Å². The molecule has 3 atom stereocenters. The fraction of sp³-hybridized carbons (Fsp3) is 0.429. The molecule has 1 saturated carbocycles. The molecule has 1 heterocycles. The molecule has 4 rings (SSSR count). The first-order valence-corrected chi connectivity index (χ1v) is 16.0. The Morgan fingerprint density at radius 3 is 2.35 bits per heavy atom. The number of benzene rings is 2. The lowest BCUT2D eigenvalue weighted by Crippen LogP contribution is -2.62. The molecule has 2 amide bonds. The van der Waals surface area contributed by atoms with Crippen LogP contribution in [0.25, 0.3) is 0 Å². The van der Waals surface area contributed by atoms with Gasteiger partial charge in [-0.25, -0.2) is 4.98 Å². The maximum atomic E-state index is 14.3. The molecule has 1 aliphatic rings. The lowest BCUT2D eigenvalue weighted by Gasteiger charge is -2.34. The van der Waals surface area contributed by atoms with Crippen LogP contribution >= 0.6 is 0 Å². The molecule has 1 aromatic heterocycles. The highest BCUT2D eigenvalue weighted by molar-refractivity contribution is 6.16. The van der Waals surface area contributed by atoms with E-state index in [0.717, 1.165) is 32.1 Å². The summed E-state index contributed by atoms with van der Waals surface area (Å²) in [4.78, 5) is 74.6. The number of nitrogens with zero attached hydrogens (tertiary/aromatic N) is 1. The van der Waals surface area contributed by atoms with Crippen LogP contribution in [0.3, 0.4) is 0 Å². The summed E-state index contributed by atoms with van der Waals surface area (Å²) in [5.41, 5.74) is 11.2. The van der Waals surface area contributed by atoms with Crippen molar-refractivity contribution in [2.75, 3.05) is 6.54 Å². The molecular formula is C35H44N6O5. The topological polar surface area (TPSA) is 190 Å². The van der Waals surface area contributed by atoms with Crippen molar-refractivity contribution in [3.63, 3.8) is 0 Å². The van der Waals surface area contributed by atoms with Crippen molar-refractivity contribution in [2.45, 2.75) is 81.8 Å². The van der Waals surface area contributed by atoms with Crippen LogP contribution in [0, 0.1) is 5.92 Å². The van der Waals surface area contributed by atoms with Crippen molar-refractivity contribution in [3.05, 3.63) is 89.5 Å². The minimum absolute atomic E-state index is 0.0222. The normalized spacial score (nSPS) is 16.0. The summed E-state index contributed by atoms with van der Waals surface area (Å²) < 4.78 is 0. The summed E-state index contributed by atoms with van der Waals surface area (Å²) in [6.45, 7) is 0.477. The Morgan fingerprint density at radius 2 is 1.67 bits per heavy atom. The number of hydrogen-bond donors (Lipinski definition) is 5. The summed E-state index contributed by atoms with van der Waals surface area (Å²) in [5, 5.41) is 5.49. The number of carbonyl (C=O) groups excluding carboxylic acids is 5. The van der Waals surface area contributed by atoms with Crippen LogP contribution in [0.1, 0.15) is 89.8 Å². The van der Waals surface area contributed by atoms with Crippen LogP contribution in [-0.2, 0) is 20.8 Å². The third kappa shape index (κ3) is 9.04. The zero-order chi connectivity index (χ0) is 32.9. The maximum absolute atomic E-state index is 14.3. The van der Waals surface area contributed by atoms with Gasteiger partial charge in [0.15, 0.2) is 23.4 Å². The third-order valence-electron chi connectivity index (χ3n) is 8.63. The molecule has 0 aliphatic heterocycles. The number of carbonyl (C=O) groups is 5. The maximum Gasteiger partial charge on any atom is 0.244 e. The van der Waals surface area contributed by atoms with E-state index in [1.165, 1.54) is 18.6 Å². The Morgan fingerprint density at radius 1 is 0.957 bits per heavy atom. The summed E-state index contributed by atoms with van der Waals surface area (Å²) in [6.07, 6.45) is 9.99. The van der Waals surface area contributed by atoms with Gasteiger partial charge in [-0.3, -0.25) is 19.2 Å². The predicted molar refractivity (Wildman–Crippen MR) is 174 cm³/mol. The van der Waals surface area contributed by atoms with Crippen LogP contribution in [-0.4, -0.2) is 63.8 Å². The number of H-pyrrole nitrogens is 1. The molecule has 7 N–H and O–H groups in total. The molecular weight excluding hydrogens is 584 g/mol. The number of nitrogens with two attached hydrogens (primary N) is 2. The molecule has 11 heteroatoms. The number of aromatic amines is 1. The monoisotopic (exact) mass is 628 g/mol. The Kier molecular flexibility index (Phi) is 12.5. The lowest BCUT2D eigenvalue weighted by atomic mass is 9.76. The van der Waals surface area contributed by atoms with Crippen LogP contribution in [0.15, 0.2) is 67.1 Å². The molecule has 0 radical (unpaired) electrons. The van der Waals surface area contributed by atoms with Crippen molar-refractivity contribution in [2.24, 2.45) is 17.4 Å². The van der Waals surface area contributed by atoms with Gasteiger partial charge < -0.3 is 31.9 Å². The number of rotatable bonds is 17. The highest BCUT2D eigenvalue weighted by atomic mass is 16.2. The third-order valence-corrected chi connectivity index (χ3v) is 8.63. The lowest BCUT2D eigenvalue weighted by molar-refractivity contribution is -0.131. The van der Waals surface area contributed by atoms with E-state index in [0.29, 0.717) is 43.4 Å². The number of hydrogen-bond acceptors (Lipinski definition) is 8. The summed E-state index contributed by atoms with van der Waals surface area (Å²) >= 11 is 0. The van der Waals surface area contributed by atoms with Gasteiger partial charge in [-0.15, -0.1) is 0 Å². The number of Topliss-reactive ketones (excluding diaryl/α,β-unsaturated/α-hetero) is 1. The Labute approximate surface area is 269 Å². The van der Waals surface area contributed by atoms with Crippen molar-refractivity contribution in [1.82, 2.24) is 20.6 Å². The first-order chi connectivity index (χ1) is 22.3. The fourth-order valence-corrected chi connectivity index (χ4v) is 6.04. The predicted octanol–water partition coefficient (Wildman–Crippen LogP) is 3.03. The quantitative estimate of drug-likeness (QED) is 0.0652. The fourth-order valence-electron chi connectivity index (χ4n) is 6.04. The summed E-state index contributed by atoms with van der Waals surface area (Å²) in [5.74, 6) is -2.10. The van der Waals surface area contributed by atoms with Gasteiger partial charge in [-0.1, -0.05) is 87.1 Å². The number of amides is 2. The average Bonchev–Trinajstić information content (AvgIpc) is 3.61. The van der Waals surface area contributed by atoms with Gasteiger partial charge in [0.25, 0.3) is 0 Å². The van der Waals surface area contributed by atoms with E-state index in [1.54, 1.807) is 48.5 Å². The molecule has 2 aromatic carbocycles. The van der Waals surface area contributed by atoms with Crippen molar-refractivity contribution >= 4 is 29.7 Å². The number of unbranched alkanes of at least 4 members (excludes halogenated alkanes) is 1. The molecule has 0 saturated heterocycles. The van der Waals surface area contributed by atoms with Crippen LogP contribution in [0.5, 0.6) is 0 Å². The number of nitrogens with one attached hydrogen (secondary N) is 3. The van der Waals surface area contributed by atoms with E-state index in [9.17, 15) is 24.0 Å². The highest BCUT2D eigenvalue weighted by Gasteiger charge is 2.44. The van der Waals surface area contributed by atoms with Crippen molar-refractivity contribution in [1.29, 1.82) is 0 Å². The second kappa shape index (κ2) is 16.7. The van der Waals surface area contributed by atoms with Crippen molar-refractivity contribution < 1.29 is 24.0 Å². The SMILES string of the molecule is NCCCC[C@H](N)C(=O)N[C@@H](Cc1cnc[nH]1)C(=O)N[C@](C=O)(CC1CCCCC1)C(=O)c1cccc(C(=O)c2ccccc2)c1. The van der Waals surface area contributed by atoms with Gasteiger partial charge in [-0.2, -0.15) is 0 Å². The molecule has 244 valence electrons.